The summed E-state index contributed by atoms with van der Waals surface area (Å²) in [5.74, 6) is 0. The molecule has 94 valence electrons. The Labute approximate surface area is 104 Å². The number of rotatable bonds is 4. The van der Waals surface area contributed by atoms with E-state index in [9.17, 15) is 0 Å². The quantitative estimate of drug-likeness (QED) is 0.785. The summed E-state index contributed by atoms with van der Waals surface area (Å²) < 4.78 is 0. The second-order valence-corrected chi connectivity index (χ2v) is 4.90. The number of anilines is 2. The predicted octanol–water partition coefficient (Wildman–Crippen LogP) is 2.48. The van der Waals surface area contributed by atoms with Gasteiger partial charge in [0.05, 0.1) is 0 Å². The number of nitrogens with one attached hydrogen (secondary N) is 1. The number of benzene rings is 1. The third-order valence-electron chi connectivity index (χ3n) is 3.44. The Morgan fingerprint density at radius 2 is 2.00 bits per heavy atom. The summed E-state index contributed by atoms with van der Waals surface area (Å²) in [7, 11) is 0. The van der Waals surface area contributed by atoms with Crippen molar-refractivity contribution in [1.82, 2.24) is 4.90 Å². The topological polar surface area (TPSA) is 41.3 Å². The number of piperidine rings is 1. The summed E-state index contributed by atoms with van der Waals surface area (Å²) >= 11 is 0. The molecule has 2 rings (SSSR count). The molecule has 17 heavy (non-hydrogen) atoms. The van der Waals surface area contributed by atoms with E-state index < -0.39 is 0 Å². The first kappa shape index (κ1) is 12.2. The zero-order valence-corrected chi connectivity index (χ0v) is 10.7. The molecular formula is C14H23N3. The van der Waals surface area contributed by atoms with E-state index in [4.69, 9.17) is 5.73 Å². The van der Waals surface area contributed by atoms with Crippen LogP contribution in [0.3, 0.4) is 0 Å². The summed E-state index contributed by atoms with van der Waals surface area (Å²) in [4.78, 5) is 2.54. The van der Waals surface area contributed by atoms with Gasteiger partial charge in [0.15, 0.2) is 0 Å². The van der Waals surface area contributed by atoms with Gasteiger partial charge in [-0.25, -0.2) is 0 Å². The van der Waals surface area contributed by atoms with Crippen LogP contribution in [0, 0.1) is 6.92 Å². The molecule has 1 fully saturated rings. The summed E-state index contributed by atoms with van der Waals surface area (Å²) in [6.07, 6.45) is 4.13. The van der Waals surface area contributed by atoms with E-state index >= 15 is 0 Å². The predicted molar refractivity (Wildman–Crippen MR) is 74.4 cm³/mol. The molecule has 1 aromatic rings. The third kappa shape index (κ3) is 3.63. The monoisotopic (exact) mass is 233 g/mol. The van der Waals surface area contributed by atoms with E-state index in [-0.39, 0.29) is 0 Å². The zero-order valence-electron chi connectivity index (χ0n) is 10.7. The van der Waals surface area contributed by atoms with Gasteiger partial charge in [-0.2, -0.15) is 0 Å². The SMILES string of the molecule is Cc1cc(N)ccc1NCCN1CCCCC1. The molecule has 1 aromatic carbocycles. The van der Waals surface area contributed by atoms with Gasteiger partial charge in [-0.15, -0.1) is 0 Å². The fraction of sp³-hybridized carbons (Fsp3) is 0.571. The maximum Gasteiger partial charge on any atom is 0.0371 e. The Morgan fingerprint density at radius 1 is 1.24 bits per heavy atom. The van der Waals surface area contributed by atoms with Crippen molar-refractivity contribution in [3.8, 4) is 0 Å². The lowest BCUT2D eigenvalue weighted by atomic mass is 10.1. The lowest BCUT2D eigenvalue weighted by Gasteiger charge is -2.26. The molecule has 0 amide bonds. The van der Waals surface area contributed by atoms with Crippen molar-refractivity contribution in [1.29, 1.82) is 0 Å². The van der Waals surface area contributed by atoms with Crippen molar-refractivity contribution in [2.24, 2.45) is 0 Å². The number of nitrogens with zero attached hydrogens (tertiary/aromatic N) is 1. The highest BCUT2D eigenvalue weighted by Crippen LogP contribution is 2.17. The van der Waals surface area contributed by atoms with Crippen LogP contribution < -0.4 is 11.1 Å². The second kappa shape index (κ2) is 5.92. The van der Waals surface area contributed by atoms with E-state index in [0.717, 1.165) is 18.8 Å². The number of nitrogens with two attached hydrogens (primary N) is 1. The number of hydrogen-bond acceptors (Lipinski definition) is 3. The van der Waals surface area contributed by atoms with Crippen LogP contribution in [-0.2, 0) is 0 Å². The number of hydrogen-bond donors (Lipinski definition) is 2. The fourth-order valence-electron chi connectivity index (χ4n) is 2.42. The van der Waals surface area contributed by atoms with Crippen molar-refractivity contribution in [3.63, 3.8) is 0 Å². The van der Waals surface area contributed by atoms with Crippen molar-refractivity contribution < 1.29 is 0 Å². The molecule has 0 unspecified atom stereocenters. The average molecular weight is 233 g/mol. The van der Waals surface area contributed by atoms with Crippen LogP contribution in [0.2, 0.25) is 0 Å². The molecule has 1 heterocycles. The molecule has 0 radical (unpaired) electrons. The van der Waals surface area contributed by atoms with Gasteiger partial charge in [-0.1, -0.05) is 6.42 Å². The first-order valence-electron chi connectivity index (χ1n) is 6.58. The zero-order chi connectivity index (χ0) is 12.1. The van der Waals surface area contributed by atoms with Crippen LogP contribution in [-0.4, -0.2) is 31.1 Å². The Bertz CT molecular complexity index is 356. The highest BCUT2D eigenvalue weighted by Gasteiger charge is 2.09. The van der Waals surface area contributed by atoms with Gasteiger partial charge in [-0.05, 0) is 56.6 Å². The number of likely N-dealkylation sites (tertiary alicyclic amines) is 1. The normalized spacial score (nSPS) is 17.0. The molecule has 0 atom stereocenters. The molecule has 3 N–H and O–H groups in total. The van der Waals surface area contributed by atoms with Gasteiger partial charge in [0, 0.05) is 24.5 Å². The average Bonchev–Trinajstić information content (AvgIpc) is 2.33. The Hall–Kier alpha value is -1.22. The standard InChI is InChI=1S/C14H23N3/c1-12-11-13(15)5-6-14(12)16-7-10-17-8-3-2-4-9-17/h5-6,11,16H,2-4,7-10,15H2,1H3. The smallest absolute Gasteiger partial charge is 0.0371 e. The summed E-state index contributed by atoms with van der Waals surface area (Å²) in [6.45, 7) is 6.79. The van der Waals surface area contributed by atoms with Gasteiger partial charge < -0.3 is 16.0 Å². The largest absolute Gasteiger partial charge is 0.399 e. The highest BCUT2D eigenvalue weighted by molar-refractivity contribution is 5.57. The minimum absolute atomic E-state index is 0.837. The van der Waals surface area contributed by atoms with E-state index in [1.165, 1.54) is 43.6 Å². The van der Waals surface area contributed by atoms with E-state index in [0.29, 0.717) is 0 Å². The van der Waals surface area contributed by atoms with Crippen LogP contribution in [0.25, 0.3) is 0 Å². The minimum Gasteiger partial charge on any atom is -0.399 e. The highest BCUT2D eigenvalue weighted by atomic mass is 15.1. The Kier molecular flexibility index (Phi) is 4.26. The van der Waals surface area contributed by atoms with E-state index in [2.05, 4.69) is 23.2 Å². The van der Waals surface area contributed by atoms with Gasteiger partial charge in [0.2, 0.25) is 0 Å². The van der Waals surface area contributed by atoms with Crippen molar-refractivity contribution in [2.75, 3.05) is 37.2 Å². The van der Waals surface area contributed by atoms with Crippen LogP contribution in [0.1, 0.15) is 24.8 Å². The molecule has 0 bridgehead atoms. The maximum atomic E-state index is 5.74. The van der Waals surface area contributed by atoms with Gasteiger partial charge >= 0.3 is 0 Å². The molecular weight excluding hydrogens is 210 g/mol. The lowest BCUT2D eigenvalue weighted by Crippen LogP contribution is -2.33. The first-order valence-corrected chi connectivity index (χ1v) is 6.58. The maximum absolute atomic E-state index is 5.74. The van der Waals surface area contributed by atoms with E-state index in [1.54, 1.807) is 0 Å². The van der Waals surface area contributed by atoms with Gasteiger partial charge in [0.25, 0.3) is 0 Å². The molecule has 3 nitrogen and oxygen atoms in total. The fourth-order valence-corrected chi connectivity index (χ4v) is 2.42. The van der Waals surface area contributed by atoms with Crippen molar-refractivity contribution in [3.05, 3.63) is 23.8 Å². The van der Waals surface area contributed by atoms with Gasteiger partial charge in [0.1, 0.15) is 0 Å². The molecule has 0 saturated carbocycles. The van der Waals surface area contributed by atoms with Crippen LogP contribution in [0.4, 0.5) is 11.4 Å². The summed E-state index contributed by atoms with van der Waals surface area (Å²) in [6, 6.07) is 6.04. The van der Waals surface area contributed by atoms with Crippen molar-refractivity contribution >= 4 is 11.4 Å². The number of nitrogen functional groups attached to an aromatic ring is 1. The molecule has 3 heteroatoms. The van der Waals surface area contributed by atoms with Crippen LogP contribution in [0.5, 0.6) is 0 Å². The first-order chi connectivity index (χ1) is 8.25. The second-order valence-electron chi connectivity index (χ2n) is 4.90. The molecule has 1 aliphatic heterocycles. The lowest BCUT2D eigenvalue weighted by molar-refractivity contribution is 0.237. The molecule has 0 spiro atoms. The summed E-state index contributed by atoms with van der Waals surface area (Å²) in [5, 5.41) is 3.49. The Morgan fingerprint density at radius 3 is 2.71 bits per heavy atom. The van der Waals surface area contributed by atoms with Crippen LogP contribution in [0.15, 0.2) is 18.2 Å². The minimum atomic E-state index is 0.837. The molecule has 0 aliphatic carbocycles. The number of aryl methyl sites for hydroxylation is 1. The van der Waals surface area contributed by atoms with Crippen LogP contribution >= 0.6 is 0 Å². The third-order valence-corrected chi connectivity index (χ3v) is 3.44. The molecule has 0 aromatic heterocycles. The van der Waals surface area contributed by atoms with Gasteiger partial charge in [-0.3, -0.25) is 0 Å². The van der Waals surface area contributed by atoms with E-state index in [1.807, 2.05) is 12.1 Å². The molecule has 1 saturated heterocycles. The summed E-state index contributed by atoms with van der Waals surface area (Å²) in [5.41, 5.74) is 9.00. The molecule has 1 aliphatic rings. The Balaban J connectivity index is 1.77. The van der Waals surface area contributed by atoms with Crippen molar-refractivity contribution in [2.45, 2.75) is 26.2 Å².